The van der Waals surface area contributed by atoms with E-state index in [2.05, 4.69) is 22.8 Å². The van der Waals surface area contributed by atoms with E-state index in [1.807, 2.05) is 12.1 Å². The predicted octanol–water partition coefficient (Wildman–Crippen LogP) is 2.23. The number of thiophene rings is 1. The Balaban J connectivity index is 2.55. The van der Waals surface area contributed by atoms with Crippen molar-refractivity contribution in [1.29, 1.82) is 0 Å². The summed E-state index contributed by atoms with van der Waals surface area (Å²) < 4.78 is 1.30. The number of nitrogens with two attached hydrogens (primary N) is 1. The van der Waals surface area contributed by atoms with Gasteiger partial charge in [-0.05, 0) is 6.07 Å². The molecule has 0 saturated heterocycles. The molecule has 0 atom stereocenters. The van der Waals surface area contributed by atoms with Crippen molar-refractivity contribution in [1.82, 2.24) is 0 Å². The number of nitrogens with one attached hydrogen (secondary N) is 1. The molecule has 0 radical (unpaired) electrons. The van der Waals surface area contributed by atoms with E-state index in [9.17, 15) is 0 Å². The van der Waals surface area contributed by atoms with Gasteiger partial charge in [0, 0.05) is 15.5 Å². The van der Waals surface area contributed by atoms with Crippen LogP contribution in [0.5, 0.6) is 0 Å². The van der Waals surface area contributed by atoms with E-state index >= 15 is 0 Å². The zero-order chi connectivity index (χ0) is 8.39. The van der Waals surface area contributed by atoms with Gasteiger partial charge in [-0.25, -0.2) is 0 Å². The van der Waals surface area contributed by atoms with Gasteiger partial charge >= 0.3 is 0 Å². The molecule has 2 rings (SSSR count). The molecule has 0 unspecified atom stereocenters. The summed E-state index contributed by atoms with van der Waals surface area (Å²) in [6.45, 7) is 0.487. The lowest BCUT2D eigenvalue weighted by Crippen LogP contribution is -2.09. The van der Waals surface area contributed by atoms with Crippen LogP contribution in [0, 0.1) is 0 Å². The lowest BCUT2D eigenvalue weighted by Gasteiger charge is -1.98. The Morgan fingerprint density at radius 3 is 3.00 bits per heavy atom. The van der Waals surface area contributed by atoms with Crippen molar-refractivity contribution >= 4 is 27.1 Å². The van der Waals surface area contributed by atoms with Crippen LogP contribution >= 0.6 is 11.3 Å². The molecule has 0 aliphatic carbocycles. The van der Waals surface area contributed by atoms with Crippen LogP contribution in [-0.4, -0.2) is 6.67 Å². The zero-order valence-corrected chi connectivity index (χ0v) is 7.40. The number of benzene rings is 1. The van der Waals surface area contributed by atoms with Crippen LogP contribution in [0.3, 0.4) is 0 Å². The van der Waals surface area contributed by atoms with Crippen molar-refractivity contribution in [3.8, 4) is 0 Å². The molecule has 2 nitrogen and oxygen atoms in total. The van der Waals surface area contributed by atoms with Gasteiger partial charge in [0.25, 0.3) is 0 Å². The van der Waals surface area contributed by atoms with Crippen LogP contribution in [0.2, 0.25) is 0 Å². The smallest absolute Gasteiger partial charge is 0.0628 e. The molecule has 12 heavy (non-hydrogen) atoms. The molecule has 2 aromatic rings. The number of hydrogen-bond donors (Lipinski definition) is 2. The maximum Gasteiger partial charge on any atom is 0.0628 e. The highest BCUT2D eigenvalue weighted by molar-refractivity contribution is 7.17. The monoisotopic (exact) mass is 178 g/mol. The average molecular weight is 178 g/mol. The minimum atomic E-state index is 0.487. The Morgan fingerprint density at radius 1 is 1.33 bits per heavy atom. The summed E-state index contributed by atoms with van der Waals surface area (Å²) in [5.41, 5.74) is 6.54. The Morgan fingerprint density at radius 2 is 2.17 bits per heavy atom. The largest absolute Gasteiger partial charge is 0.372 e. The number of fused-ring (bicyclic) bond motifs is 1. The molecule has 3 N–H and O–H groups in total. The second-order valence-corrected chi connectivity index (χ2v) is 3.44. The summed E-state index contributed by atoms with van der Waals surface area (Å²) >= 11 is 1.74. The summed E-state index contributed by atoms with van der Waals surface area (Å²) in [7, 11) is 0. The second-order valence-electron chi connectivity index (χ2n) is 2.53. The van der Waals surface area contributed by atoms with E-state index in [4.69, 9.17) is 5.73 Å². The van der Waals surface area contributed by atoms with Gasteiger partial charge in [0.05, 0.1) is 12.4 Å². The molecule has 1 heterocycles. The fourth-order valence-electron chi connectivity index (χ4n) is 1.22. The van der Waals surface area contributed by atoms with Gasteiger partial charge in [-0.3, -0.25) is 0 Å². The summed E-state index contributed by atoms with van der Waals surface area (Å²) in [5, 5.41) is 6.47. The number of anilines is 1. The molecule has 0 saturated carbocycles. The number of rotatable bonds is 2. The molecule has 0 aliphatic rings. The summed E-state index contributed by atoms with van der Waals surface area (Å²) in [6.07, 6.45) is 0. The molecule has 1 aromatic carbocycles. The third-order valence-electron chi connectivity index (χ3n) is 1.77. The first kappa shape index (κ1) is 7.58. The van der Waals surface area contributed by atoms with Crippen molar-refractivity contribution in [2.24, 2.45) is 5.73 Å². The van der Waals surface area contributed by atoms with E-state index in [0.29, 0.717) is 6.67 Å². The lowest BCUT2D eigenvalue weighted by molar-refractivity contribution is 1.15. The molecule has 0 amide bonds. The van der Waals surface area contributed by atoms with E-state index < -0.39 is 0 Å². The van der Waals surface area contributed by atoms with Gasteiger partial charge < -0.3 is 11.1 Å². The van der Waals surface area contributed by atoms with Gasteiger partial charge in [-0.1, -0.05) is 18.2 Å². The highest BCUT2D eigenvalue weighted by Gasteiger charge is 1.99. The molecule has 0 aliphatic heterocycles. The van der Waals surface area contributed by atoms with Crippen LogP contribution in [0.4, 0.5) is 5.69 Å². The lowest BCUT2D eigenvalue weighted by atomic mass is 10.2. The van der Waals surface area contributed by atoms with Gasteiger partial charge in [0.2, 0.25) is 0 Å². The summed E-state index contributed by atoms with van der Waals surface area (Å²) in [6, 6.07) is 8.30. The van der Waals surface area contributed by atoms with E-state index in [1.54, 1.807) is 11.3 Å². The van der Waals surface area contributed by atoms with Gasteiger partial charge in [0.1, 0.15) is 0 Å². The van der Waals surface area contributed by atoms with Crippen LogP contribution in [0.15, 0.2) is 29.6 Å². The van der Waals surface area contributed by atoms with Gasteiger partial charge in [0.15, 0.2) is 0 Å². The third kappa shape index (κ3) is 1.17. The van der Waals surface area contributed by atoms with Crippen LogP contribution in [0.1, 0.15) is 0 Å². The van der Waals surface area contributed by atoms with E-state index in [1.165, 1.54) is 10.1 Å². The standard InChI is InChI=1S/C9H10N2S/c10-6-11-8-5-12-9-4-2-1-3-7(8)9/h1-5,11H,6,10H2. The molecule has 62 valence electrons. The minimum absolute atomic E-state index is 0.487. The average Bonchev–Trinajstić information content (AvgIpc) is 2.50. The zero-order valence-electron chi connectivity index (χ0n) is 6.58. The Bertz CT molecular complexity index is 381. The normalized spacial score (nSPS) is 10.4. The molecular formula is C9H10N2S. The maximum atomic E-state index is 5.40. The predicted molar refractivity (Wildman–Crippen MR) is 54.5 cm³/mol. The van der Waals surface area contributed by atoms with Crippen LogP contribution in [-0.2, 0) is 0 Å². The van der Waals surface area contributed by atoms with Crippen molar-refractivity contribution in [2.75, 3.05) is 12.0 Å². The fourth-order valence-corrected chi connectivity index (χ4v) is 2.14. The molecule has 0 spiro atoms. The first-order valence-electron chi connectivity index (χ1n) is 3.82. The molecule has 0 bridgehead atoms. The SMILES string of the molecule is NCNc1csc2ccccc12. The Kier molecular flexibility index (Phi) is 1.98. The highest BCUT2D eigenvalue weighted by atomic mass is 32.1. The minimum Gasteiger partial charge on any atom is -0.372 e. The topological polar surface area (TPSA) is 38.0 Å². The van der Waals surface area contributed by atoms with Crippen molar-refractivity contribution in [2.45, 2.75) is 0 Å². The van der Waals surface area contributed by atoms with Crippen molar-refractivity contribution < 1.29 is 0 Å². The Labute approximate surface area is 75.0 Å². The second kappa shape index (κ2) is 3.13. The highest BCUT2D eigenvalue weighted by Crippen LogP contribution is 2.29. The maximum absolute atomic E-state index is 5.40. The fraction of sp³-hybridized carbons (Fsp3) is 0.111. The summed E-state index contributed by atoms with van der Waals surface area (Å²) in [5.74, 6) is 0. The molecule has 0 fully saturated rings. The summed E-state index contributed by atoms with van der Waals surface area (Å²) in [4.78, 5) is 0. The van der Waals surface area contributed by atoms with E-state index in [-0.39, 0.29) is 0 Å². The molecular weight excluding hydrogens is 168 g/mol. The van der Waals surface area contributed by atoms with Crippen molar-refractivity contribution in [3.63, 3.8) is 0 Å². The van der Waals surface area contributed by atoms with E-state index in [0.717, 1.165) is 5.69 Å². The third-order valence-corrected chi connectivity index (χ3v) is 2.74. The van der Waals surface area contributed by atoms with Crippen molar-refractivity contribution in [3.05, 3.63) is 29.6 Å². The quantitative estimate of drug-likeness (QED) is 0.692. The molecule has 1 aromatic heterocycles. The van der Waals surface area contributed by atoms with Gasteiger partial charge in [-0.15, -0.1) is 11.3 Å². The first-order chi connectivity index (χ1) is 5.92. The van der Waals surface area contributed by atoms with Gasteiger partial charge in [-0.2, -0.15) is 0 Å². The van der Waals surface area contributed by atoms with Crippen LogP contribution < -0.4 is 11.1 Å². The molecule has 3 heteroatoms. The Hall–Kier alpha value is -1.06. The number of hydrogen-bond acceptors (Lipinski definition) is 3. The van der Waals surface area contributed by atoms with Crippen LogP contribution in [0.25, 0.3) is 10.1 Å². The first-order valence-corrected chi connectivity index (χ1v) is 4.70.